The van der Waals surface area contributed by atoms with Gasteiger partial charge in [0.1, 0.15) is 0 Å². The zero-order valence-corrected chi connectivity index (χ0v) is 15.5. The highest BCUT2D eigenvalue weighted by Gasteiger charge is 2.30. The first kappa shape index (κ1) is 15.6. The fraction of sp³-hybridized carbons (Fsp3) is 0.438. The molecule has 1 saturated heterocycles. The molecule has 0 aliphatic carbocycles. The van der Waals surface area contributed by atoms with Crippen molar-refractivity contribution in [1.82, 2.24) is 20.1 Å². The number of carbonyl (C=O) groups excluding carboxylic acids is 1. The van der Waals surface area contributed by atoms with Crippen molar-refractivity contribution in [2.75, 3.05) is 18.5 Å². The topological polar surface area (TPSA) is 63.1 Å². The Bertz CT molecular complexity index is 874. The fourth-order valence-electron chi connectivity index (χ4n) is 3.27. The summed E-state index contributed by atoms with van der Waals surface area (Å²) in [5.74, 6) is -0.0162. The van der Waals surface area contributed by atoms with Gasteiger partial charge in [0.2, 0.25) is 0 Å². The van der Waals surface area contributed by atoms with Crippen LogP contribution in [0.3, 0.4) is 0 Å². The van der Waals surface area contributed by atoms with Gasteiger partial charge in [-0.2, -0.15) is 5.10 Å². The first-order chi connectivity index (χ1) is 11.6. The van der Waals surface area contributed by atoms with Crippen LogP contribution in [0.2, 0.25) is 0 Å². The average molecular weight is 361 g/mol. The van der Waals surface area contributed by atoms with Crippen molar-refractivity contribution >= 4 is 44.1 Å². The quantitative estimate of drug-likeness (QED) is 0.779. The van der Waals surface area contributed by atoms with Crippen molar-refractivity contribution in [2.45, 2.75) is 25.8 Å². The molecule has 4 rings (SSSR count). The summed E-state index contributed by atoms with van der Waals surface area (Å²) in [5, 5.41) is 8.18. The second-order valence-corrected chi connectivity index (χ2v) is 8.08. The molecule has 0 aromatic carbocycles. The van der Waals surface area contributed by atoms with Gasteiger partial charge in [-0.1, -0.05) is 11.3 Å². The highest BCUT2D eigenvalue weighted by Crippen LogP contribution is 2.42. The number of thiazole rings is 1. The van der Waals surface area contributed by atoms with E-state index < -0.39 is 0 Å². The molecule has 8 heteroatoms. The second-order valence-electron chi connectivity index (χ2n) is 5.99. The van der Waals surface area contributed by atoms with E-state index in [1.807, 2.05) is 24.7 Å². The first-order valence-electron chi connectivity index (χ1n) is 7.97. The highest BCUT2D eigenvalue weighted by molar-refractivity contribution is 7.22. The number of thiophene rings is 1. The van der Waals surface area contributed by atoms with E-state index in [4.69, 9.17) is 4.98 Å². The molecular formula is C16H19N5OS2. The van der Waals surface area contributed by atoms with Crippen molar-refractivity contribution in [2.24, 2.45) is 7.05 Å². The molecule has 1 amide bonds. The van der Waals surface area contributed by atoms with Crippen LogP contribution in [-0.2, 0) is 7.05 Å². The largest absolute Gasteiger partial charge is 0.354 e. The number of aryl methyl sites for hydroxylation is 2. The number of nitrogens with zero attached hydrogens (tertiary/aromatic N) is 4. The maximum atomic E-state index is 11.8. The number of carbonyl (C=O) groups is 1. The van der Waals surface area contributed by atoms with Crippen LogP contribution in [0.25, 0.3) is 10.3 Å². The van der Waals surface area contributed by atoms with E-state index in [1.165, 1.54) is 4.88 Å². The van der Waals surface area contributed by atoms with Gasteiger partial charge in [0.05, 0.1) is 21.3 Å². The number of hydrogen-bond acceptors (Lipinski definition) is 6. The summed E-state index contributed by atoms with van der Waals surface area (Å²) < 4.78 is 3.01. The molecular weight excluding hydrogens is 342 g/mol. The Morgan fingerprint density at radius 2 is 2.21 bits per heavy atom. The molecule has 3 aromatic heterocycles. The number of nitrogens with one attached hydrogen (secondary N) is 1. The molecule has 1 atom stereocenters. The maximum absolute atomic E-state index is 11.8. The van der Waals surface area contributed by atoms with Crippen LogP contribution >= 0.6 is 22.7 Å². The lowest BCUT2D eigenvalue weighted by Crippen LogP contribution is -2.21. The predicted octanol–water partition coefficient (Wildman–Crippen LogP) is 3.10. The number of amides is 1. The summed E-state index contributed by atoms with van der Waals surface area (Å²) in [6, 6.07) is 4.31. The van der Waals surface area contributed by atoms with Gasteiger partial charge in [0, 0.05) is 25.5 Å². The standard InChI is InChI=1S/C16H19N5OS2/c1-9-13-14(20(3)19-9)18-16(24-13)21-8-4-5-10(21)11-6-7-12(23-11)15(22)17-2/h6-7,10H,4-5,8H2,1-3H3,(H,17,22)/t10-/m1/s1. The summed E-state index contributed by atoms with van der Waals surface area (Å²) in [6.07, 6.45) is 2.24. The van der Waals surface area contributed by atoms with Gasteiger partial charge in [0.15, 0.2) is 10.8 Å². The van der Waals surface area contributed by atoms with Crippen molar-refractivity contribution in [1.29, 1.82) is 0 Å². The zero-order valence-electron chi connectivity index (χ0n) is 13.9. The minimum Gasteiger partial charge on any atom is -0.354 e. The summed E-state index contributed by atoms with van der Waals surface area (Å²) in [5.41, 5.74) is 1.99. The summed E-state index contributed by atoms with van der Waals surface area (Å²) >= 11 is 3.30. The number of aromatic nitrogens is 3. The van der Waals surface area contributed by atoms with E-state index in [0.717, 1.165) is 45.4 Å². The molecule has 0 unspecified atom stereocenters. The van der Waals surface area contributed by atoms with Crippen LogP contribution < -0.4 is 10.2 Å². The SMILES string of the molecule is CNC(=O)c1ccc([C@H]2CCCN2c2nc3c(s2)c(C)nn3C)s1. The molecule has 0 bridgehead atoms. The Morgan fingerprint density at radius 3 is 2.96 bits per heavy atom. The smallest absolute Gasteiger partial charge is 0.261 e. The zero-order chi connectivity index (χ0) is 16.8. The number of rotatable bonds is 3. The summed E-state index contributed by atoms with van der Waals surface area (Å²) in [6.45, 7) is 3.03. The Labute approximate surface area is 148 Å². The molecule has 1 aliphatic heterocycles. The monoisotopic (exact) mass is 361 g/mol. The summed E-state index contributed by atoms with van der Waals surface area (Å²) in [4.78, 5) is 21.0. The molecule has 126 valence electrons. The van der Waals surface area contributed by atoms with E-state index in [9.17, 15) is 4.79 Å². The van der Waals surface area contributed by atoms with Crippen LogP contribution in [-0.4, -0.2) is 34.3 Å². The van der Waals surface area contributed by atoms with Gasteiger partial charge < -0.3 is 10.2 Å². The van der Waals surface area contributed by atoms with Crippen molar-refractivity contribution in [3.63, 3.8) is 0 Å². The van der Waals surface area contributed by atoms with Crippen LogP contribution in [0.5, 0.6) is 0 Å². The number of hydrogen-bond donors (Lipinski definition) is 1. The van der Waals surface area contributed by atoms with Crippen molar-refractivity contribution in [3.05, 3.63) is 27.6 Å². The Hall–Kier alpha value is -1.93. The van der Waals surface area contributed by atoms with Gasteiger partial charge in [-0.05, 0) is 31.9 Å². The summed E-state index contributed by atoms with van der Waals surface area (Å²) in [7, 11) is 3.61. The Balaban J connectivity index is 1.67. The lowest BCUT2D eigenvalue weighted by atomic mass is 10.2. The normalized spacial score (nSPS) is 17.8. The van der Waals surface area contributed by atoms with Crippen LogP contribution in [0.1, 0.15) is 39.1 Å². The van der Waals surface area contributed by atoms with E-state index in [-0.39, 0.29) is 5.91 Å². The van der Waals surface area contributed by atoms with E-state index in [1.54, 1.807) is 29.7 Å². The van der Waals surface area contributed by atoms with Gasteiger partial charge in [-0.3, -0.25) is 4.79 Å². The molecule has 4 heterocycles. The van der Waals surface area contributed by atoms with Gasteiger partial charge in [-0.25, -0.2) is 9.67 Å². The van der Waals surface area contributed by atoms with Gasteiger partial charge >= 0.3 is 0 Å². The van der Waals surface area contributed by atoms with Crippen LogP contribution in [0.4, 0.5) is 5.13 Å². The molecule has 0 saturated carbocycles. The fourth-order valence-corrected chi connectivity index (χ4v) is 5.48. The van der Waals surface area contributed by atoms with Gasteiger partial charge in [-0.15, -0.1) is 11.3 Å². The molecule has 1 fully saturated rings. The third kappa shape index (κ3) is 2.41. The molecule has 6 nitrogen and oxygen atoms in total. The number of anilines is 1. The first-order valence-corrected chi connectivity index (χ1v) is 9.60. The van der Waals surface area contributed by atoms with E-state index in [0.29, 0.717) is 6.04 Å². The Kier molecular flexibility index (Phi) is 3.80. The molecule has 0 spiro atoms. The van der Waals surface area contributed by atoms with Crippen LogP contribution in [0, 0.1) is 6.92 Å². The molecule has 24 heavy (non-hydrogen) atoms. The lowest BCUT2D eigenvalue weighted by Gasteiger charge is -2.22. The molecule has 1 N–H and O–H groups in total. The Morgan fingerprint density at radius 1 is 1.38 bits per heavy atom. The lowest BCUT2D eigenvalue weighted by molar-refractivity contribution is 0.0967. The van der Waals surface area contributed by atoms with Crippen molar-refractivity contribution < 1.29 is 4.79 Å². The third-order valence-corrected chi connectivity index (χ3v) is 6.81. The maximum Gasteiger partial charge on any atom is 0.261 e. The minimum absolute atomic E-state index is 0.0162. The van der Waals surface area contributed by atoms with E-state index >= 15 is 0 Å². The van der Waals surface area contributed by atoms with Gasteiger partial charge in [0.25, 0.3) is 5.91 Å². The van der Waals surface area contributed by atoms with E-state index in [2.05, 4.69) is 21.4 Å². The predicted molar refractivity (Wildman–Crippen MR) is 98.2 cm³/mol. The minimum atomic E-state index is -0.0162. The van der Waals surface area contributed by atoms with Crippen LogP contribution in [0.15, 0.2) is 12.1 Å². The third-order valence-electron chi connectivity index (χ3n) is 4.44. The molecule has 1 aliphatic rings. The second kappa shape index (κ2) is 5.86. The number of fused-ring (bicyclic) bond motifs is 1. The van der Waals surface area contributed by atoms with Crippen molar-refractivity contribution in [3.8, 4) is 0 Å². The molecule has 0 radical (unpaired) electrons. The average Bonchev–Trinajstić information content (AvgIpc) is 3.32. The molecule has 3 aromatic rings. The highest BCUT2D eigenvalue weighted by atomic mass is 32.1.